The van der Waals surface area contributed by atoms with Gasteiger partial charge in [0.15, 0.2) is 9.84 Å². The average Bonchev–Trinajstić information content (AvgIpc) is 3.31. The third-order valence-corrected chi connectivity index (χ3v) is 6.74. The molecule has 2 fully saturated rings. The molecular formula is C19H25N3O3S. The molecule has 1 N–H and O–H groups in total. The molecule has 1 aromatic carbocycles. The molecule has 26 heavy (non-hydrogen) atoms. The van der Waals surface area contributed by atoms with E-state index in [1.165, 1.54) is 11.8 Å². The van der Waals surface area contributed by atoms with Gasteiger partial charge in [0.2, 0.25) is 0 Å². The zero-order chi connectivity index (χ0) is 18.1. The molecule has 1 aromatic heterocycles. The van der Waals surface area contributed by atoms with E-state index in [0.717, 1.165) is 56.8 Å². The van der Waals surface area contributed by atoms with E-state index in [4.69, 9.17) is 4.52 Å². The molecule has 2 aliphatic heterocycles. The van der Waals surface area contributed by atoms with Crippen LogP contribution in [0.2, 0.25) is 0 Å². The van der Waals surface area contributed by atoms with Gasteiger partial charge >= 0.3 is 0 Å². The van der Waals surface area contributed by atoms with Crippen LogP contribution in [0.4, 0.5) is 5.69 Å². The summed E-state index contributed by atoms with van der Waals surface area (Å²) in [5.74, 6) is 0.911. The number of nitrogens with one attached hydrogen (secondary N) is 1. The van der Waals surface area contributed by atoms with Crippen molar-refractivity contribution in [3.05, 3.63) is 41.8 Å². The summed E-state index contributed by atoms with van der Waals surface area (Å²) in [4.78, 5) is 2.67. The van der Waals surface area contributed by atoms with E-state index in [2.05, 4.69) is 15.4 Å². The number of nitrogens with zero attached hydrogens (tertiary/aromatic N) is 2. The van der Waals surface area contributed by atoms with Crippen molar-refractivity contribution in [1.82, 2.24) is 10.5 Å². The monoisotopic (exact) mass is 375 g/mol. The minimum absolute atomic E-state index is 0.363. The van der Waals surface area contributed by atoms with Crippen molar-refractivity contribution in [2.24, 2.45) is 0 Å². The van der Waals surface area contributed by atoms with Gasteiger partial charge in [-0.3, -0.25) is 0 Å². The van der Waals surface area contributed by atoms with Gasteiger partial charge in [-0.2, -0.15) is 0 Å². The van der Waals surface area contributed by atoms with Crippen LogP contribution >= 0.6 is 0 Å². The first-order chi connectivity index (χ1) is 12.5. The molecule has 7 heteroatoms. The van der Waals surface area contributed by atoms with Crippen LogP contribution in [0.3, 0.4) is 0 Å². The Labute approximate surface area is 154 Å². The molecule has 1 atom stereocenters. The highest BCUT2D eigenvalue weighted by atomic mass is 32.2. The highest BCUT2D eigenvalue weighted by molar-refractivity contribution is 7.90. The van der Waals surface area contributed by atoms with Crippen molar-refractivity contribution in [2.45, 2.75) is 36.0 Å². The maximum absolute atomic E-state index is 11.6. The Bertz CT molecular complexity index is 854. The number of benzene rings is 1. The van der Waals surface area contributed by atoms with Crippen LogP contribution in [0.5, 0.6) is 0 Å². The lowest BCUT2D eigenvalue weighted by Crippen LogP contribution is -2.27. The smallest absolute Gasteiger partial charge is 0.175 e. The number of hydrogen-bond donors (Lipinski definition) is 1. The molecule has 1 unspecified atom stereocenters. The van der Waals surface area contributed by atoms with Crippen molar-refractivity contribution in [3.8, 4) is 0 Å². The molecule has 0 bridgehead atoms. The SMILES string of the molecule is CS(=O)(=O)c1ccc(N2CCC(c3nocc3C3CCNCC3)C2)cc1. The van der Waals surface area contributed by atoms with Gasteiger partial charge in [-0.05, 0) is 62.5 Å². The Balaban J connectivity index is 1.48. The summed E-state index contributed by atoms with van der Waals surface area (Å²) in [7, 11) is -3.15. The van der Waals surface area contributed by atoms with Crippen LogP contribution in [-0.2, 0) is 9.84 Å². The summed E-state index contributed by atoms with van der Waals surface area (Å²) in [6.07, 6.45) is 6.39. The lowest BCUT2D eigenvalue weighted by molar-refractivity contribution is 0.405. The van der Waals surface area contributed by atoms with E-state index >= 15 is 0 Å². The van der Waals surface area contributed by atoms with Gasteiger partial charge < -0.3 is 14.7 Å². The lowest BCUT2D eigenvalue weighted by Gasteiger charge is -2.23. The van der Waals surface area contributed by atoms with Crippen LogP contribution in [0.15, 0.2) is 39.9 Å². The molecule has 6 nitrogen and oxygen atoms in total. The quantitative estimate of drug-likeness (QED) is 0.885. The third-order valence-electron chi connectivity index (χ3n) is 5.61. The summed E-state index contributed by atoms with van der Waals surface area (Å²) in [5.41, 5.74) is 3.46. The average molecular weight is 375 g/mol. The maximum Gasteiger partial charge on any atom is 0.175 e. The zero-order valence-corrected chi connectivity index (χ0v) is 15.8. The molecular weight excluding hydrogens is 350 g/mol. The Hall–Kier alpha value is -1.86. The van der Waals surface area contributed by atoms with Gasteiger partial charge in [-0.25, -0.2) is 8.42 Å². The van der Waals surface area contributed by atoms with Crippen LogP contribution in [0.25, 0.3) is 0 Å². The Morgan fingerprint density at radius 2 is 1.85 bits per heavy atom. The predicted molar refractivity (Wildman–Crippen MR) is 100 cm³/mol. The fourth-order valence-corrected chi connectivity index (χ4v) is 4.75. The standard InChI is InChI=1S/C19H25N3O3S/c1-26(23,24)17-4-2-16(3-5-17)22-11-8-15(12-22)19-18(13-25-21-19)14-6-9-20-10-7-14/h2-5,13-15,20H,6-12H2,1H3. The van der Waals surface area contributed by atoms with Gasteiger partial charge in [0.25, 0.3) is 0 Å². The number of aromatic nitrogens is 1. The number of rotatable bonds is 4. The van der Waals surface area contributed by atoms with Crippen molar-refractivity contribution in [3.63, 3.8) is 0 Å². The number of piperidine rings is 1. The molecule has 0 radical (unpaired) electrons. The maximum atomic E-state index is 11.6. The predicted octanol–water partition coefficient (Wildman–Crippen LogP) is 2.54. The molecule has 140 valence electrons. The minimum atomic E-state index is -3.15. The fraction of sp³-hybridized carbons (Fsp3) is 0.526. The molecule has 4 rings (SSSR count). The first-order valence-corrected chi connectivity index (χ1v) is 11.1. The topological polar surface area (TPSA) is 75.4 Å². The first-order valence-electron chi connectivity index (χ1n) is 9.22. The largest absolute Gasteiger partial charge is 0.371 e. The third kappa shape index (κ3) is 3.50. The summed E-state index contributed by atoms with van der Waals surface area (Å²) < 4.78 is 28.6. The molecule has 2 saturated heterocycles. The van der Waals surface area contributed by atoms with E-state index in [0.29, 0.717) is 16.7 Å². The Kier molecular flexibility index (Phi) is 4.75. The van der Waals surface area contributed by atoms with Crippen molar-refractivity contribution in [2.75, 3.05) is 37.3 Å². The molecule has 0 spiro atoms. The molecule has 2 aromatic rings. The van der Waals surface area contributed by atoms with E-state index in [-0.39, 0.29) is 0 Å². The van der Waals surface area contributed by atoms with Gasteiger partial charge in [0, 0.05) is 36.5 Å². The molecule has 0 saturated carbocycles. The molecule has 0 aliphatic carbocycles. The summed E-state index contributed by atoms with van der Waals surface area (Å²) in [5, 5.41) is 7.75. The summed E-state index contributed by atoms with van der Waals surface area (Å²) in [6.45, 7) is 3.95. The first kappa shape index (κ1) is 17.5. The van der Waals surface area contributed by atoms with Gasteiger partial charge in [0.05, 0.1) is 10.6 Å². The Morgan fingerprint density at radius 3 is 2.54 bits per heavy atom. The van der Waals surface area contributed by atoms with E-state index < -0.39 is 9.84 Å². The van der Waals surface area contributed by atoms with Gasteiger partial charge in [-0.15, -0.1) is 0 Å². The highest BCUT2D eigenvalue weighted by Gasteiger charge is 2.31. The van der Waals surface area contributed by atoms with Crippen molar-refractivity contribution < 1.29 is 12.9 Å². The van der Waals surface area contributed by atoms with Crippen LogP contribution in [0.1, 0.15) is 42.4 Å². The molecule has 0 amide bonds. The number of hydrogen-bond acceptors (Lipinski definition) is 6. The lowest BCUT2D eigenvalue weighted by atomic mass is 9.87. The second-order valence-electron chi connectivity index (χ2n) is 7.38. The van der Waals surface area contributed by atoms with Crippen molar-refractivity contribution in [1.29, 1.82) is 0 Å². The summed E-state index contributed by atoms with van der Waals surface area (Å²) in [6, 6.07) is 7.17. The zero-order valence-electron chi connectivity index (χ0n) is 15.0. The van der Waals surface area contributed by atoms with E-state index in [1.54, 1.807) is 12.1 Å². The van der Waals surface area contributed by atoms with E-state index in [9.17, 15) is 8.42 Å². The molecule has 3 heterocycles. The van der Waals surface area contributed by atoms with Crippen LogP contribution in [0, 0.1) is 0 Å². The van der Waals surface area contributed by atoms with E-state index in [1.807, 2.05) is 18.4 Å². The second kappa shape index (κ2) is 7.04. The highest BCUT2D eigenvalue weighted by Crippen LogP contribution is 2.36. The number of sulfone groups is 1. The van der Waals surface area contributed by atoms with Crippen molar-refractivity contribution >= 4 is 15.5 Å². The Morgan fingerprint density at radius 1 is 1.12 bits per heavy atom. The minimum Gasteiger partial charge on any atom is -0.371 e. The van der Waals surface area contributed by atoms with Gasteiger partial charge in [0.1, 0.15) is 6.26 Å². The molecule has 2 aliphatic rings. The van der Waals surface area contributed by atoms with Crippen LogP contribution in [-0.4, -0.2) is 46.0 Å². The second-order valence-corrected chi connectivity index (χ2v) is 9.39. The summed E-state index contributed by atoms with van der Waals surface area (Å²) >= 11 is 0. The fourth-order valence-electron chi connectivity index (χ4n) is 4.12. The number of anilines is 1. The van der Waals surface area contributed by atoms with Gasteiger partial charge in [-0.1, -0.05) is 5.16 Å². The normalized spacial score (nSPS) is 22.0. The van der Waals surface area contributed by atoms with Crippen LogP contribution < -0.4 is 10.2 Å².